The summed E-state index contributed by atoms with van der Waals surface area (Å²) in [6.45, 7) is 0.692. The van der Waals surface area contributed by atoms with Gasteiger partial charge in [-0.2, -0.15) is 0 Å². The lowest BCUT2D eigenvalue weighted by atomic mass is 9.65. The Labute approximate surface area is 82.8 Å². The summed E-state index contributed by atoms with van der Waals surface area (Å²) in [7, 11) is 1.81. The third-order valence-corrected chi connectivity index (χ3v) is 4.38. The Morgan fingerprint density at radius 2 is 2.08 bits per heavy atom. The zero-order valence-electron chi connectivity index (χ0n) is 7.33. The first kappa shape index (κ1) is 9.74. The average molecular weight is 225 g/mol. The van der Waals surface area contributed by atoms with Crippen molar-refractivity contribution in [1.82, 2.24) is 0 Å². The SMILES string of the molecule is O=S(=O)(Cl)CC1OCCC12CCC2. The van der Waals surface area contributed by atoms with Crippen molar-refractivity contribution >= 4 is 19.7 Å². The number of hydrogen-bond donors (Lipinski definition) is 0. The molecule has 1 spiro atoms. The van der Waals surface area contributed by atoms with Gasteiger partial charge in [-0.25, -0.2) is 8.42 Å². The number of hydrogen-bond acceptors (Lipinski definition) is 3. The van der Waals surface area contributed by atoms with Crippen LogP contribution in [-0.4, -0.2) is 26.9 Å². The Morgan fingerprint density at radius 1 is 1.38 bits per heavy atom. The fourth-order valence-electron chi connectivity index (χ4n) is 2.35. The first-order valence-electron chi connectivity index (χ1n) is 4.56. The van der Waals surface area contributed by atoms with Gasteiger partial charge in [0.1, 0.15) is 0 Å². The van der Waals surface area contributed by atoms with Gasteiger partial charge in [-0.1, -0.05) is 6.42 Å². The zero-order valence-corrected chi connectivity index (χ0v) is 8.90. The fourth-order valence-corrected chi connectivity index (χ4v) is 3.51. The molecule has 1 saturated carbocycles. The minimum Gasteiger partial charge on any atom is -0.377 e. The molecule has 2 fully saturated rings. The molecule has 2 aliphatic rings. The van der Waals surface area contributed by atoms with Crippen LogP contribution in [-0.2, 0) is 13.8 Å². The van der Waals surface area contributed by atoms with Gasteiger partial charge in [0.15, 0.2) is 0 Å². The van der Waals surface area contributed by atoms with Crippen LogP contribution in [0.2, 0.25) is 0 Å². The van der Waals surface area contributed by atoms with E-state index in [9.17, 15) is 8.42 Å². The smallest absolute Gasteiger partial charge is 0.235 e. The molecule has 1 heterocycles. The highest BCUT2D eigenvalue weighted by Crippen LogP contribution is 2.51. The third-order valence-electron chi connectivity index (χ3n) is 3.30. The second-order valence-electron chi connectivity index (χ2n) is 4.03. The highest BCUT2D eigenvalue weighted by molar-refractivity contribution is 8.13. The predicted octanol–water partition coefficient (Wildman–Crippen LogP) is 1.51. The van der Waals surface area contributed by atoms with E-state index in [0.717, 1.165) is 19.3 Å². The van der Waals surface area contributed by atoms with E-state index >= 15 is 0 Å². The van der Waals surface area contributed by atoms with Crippen LogP contribution in [0, 0.1) is 5.41 Å². The van der Waals surface area contributed by atoms with Crippen LogP contribution >= 0.6 is 10.7 Å². The summed E-state index contributed by atoms with van der Waals surface area (Å²) >= 11 is 0. The summed E-state index contributed by atoms with van der Waals surface area (Å²) in [6.07, 6.45) is 4.25. The molecule has 5 heteroatoms. The van der Waals surface area contributed by atoms with E-state index in [1.165, 1.54) is 6.42 Å². The molecule has 0 N–H and O–H groups in total. The first-order chi connectivity index (χ1) is 6.02. The molecule has 1 saturated heterocycles. The molecule has 0 aromatic heterocycles. The highest BCUT2D eigenvalue weighted by Gasteiger charge is 2.49. The molecule has 0 radical (unpaired) electrons. The van der Waals surface area contributed by atoms with E-state index in [0.29, 0.717) is 6.61 Å². The van der Waals surface area contributed by atoms with Crippen LogP contribution in [0.15, 0.2) is 0 Å². The molecule has 0 bridgehead atoms. The van der Waals surface area contributed by atoms with Gasteiger partial charge in [0.05, 0.1) is 11.9 Å². The molecule has 0 amide bonds. The number of rotatable bonds is 2. The monoisotopic (exact) mass is 224 g/mol. The molecular weight excluding hydrogens is 212 g/mol. The van der Waals surface area contributed by atoms with E-state index in [2.05, 4.69) is 0 Å². The summed E-state index contributed by atoms with van der Waals surface area (Å²) in [4.78, 5) is 0. The van der Waals surface area contributed by atoms with Gasteiger partial charge in [-0.3, -0.25) is 0 Å². The van der Waals surface area contributed by atoms with Gasteiger partial charge >= 0.3 is 0 Å². The predicted molar refractivity (Wildman–Crippen MR) is 50.3 cm³/mol. The zero-order chi connectivity index (χ0) is 9.53. The van der Waals surface area contributed by atoms with Gasteiger partial charge < -0.3 is 4.74 Å². The van der Waals surface area contributed by atoms with Crippen molar-refractivity contribution in [2.45, 2.75) is 31.8 Å². The molecule has 1 atom stereocenters. The largest absolute Gasteiger partial charge is 0.377 e. The van der Waals surface area contributed by atoms with Crippen molar-refractivity contribution in [3.8, 4) is 0 Å². The number of halogens is 1. The maximum Gasteiger partial charge on any atom is 0.235 e. The molecule has 1 unspecified atom stereocenters. The van der Waals surface area contributed by atoms with Gasteiger partial charge in [0.25, 0.3) is 0 Å². The van der Waals surface area contributed by atoms with E-state index in [4.69, 9.17) is 15.4 Å². The molecule has 0 aromatic rings. The second kappa shape index (κ2) is 3.11. The minimum absolute atomic E-state index is 0.0193. The summed E-state index contributed by atoms with van der Waals surface area (Å²) < 4.78 is 27.2. The minimum atomic E-state index is -3.41. The van der Waals surface area contributed by atoms with Gasteiger partial charge in [0, 0.05) is 17.3 Å². The van der Waals surface area contributed by atoms with Crippen molar-refractivity contribution in [1.29, 1.82) is 0 Å². The molecule has 1 aliphatic carbocycles. The van der Waals surface area contributed by atoms with Crippen molar-refractivity contribution in [2.24, 2.45) is 5.41 Å². The Hall–Kier alpha value is 0.200. The normalized spacial score (nSPS) is 31.9. The Morgan fingerprint density at radius 3 is 2.54 bits per heavy atom. The second-order valence-corrected chi connectivity index (χ2v) is 6.85. The molecule has 0 aromatic carbocycles. The summed E-state index contributed by atoms with van der Waals surface area (Å²) in [5.41, 5.74) is 0.155. The summed E-state index contributed by atoms with van der Waals surface area (Å²) in [6, 6.07) is 0. The highest BCUT2D eigenvalue weighted by atomic mass is 35.7. The maximum atomic E-state index is 10.9. The van der Waals surface area contributed by atoms with Crippen molar-refractivity contribution < 1.29 is 13.2 Å². The van der Waals surface area contributed by atoms with Gasteiger partial charge in [-0.15, -0.1) is 0 Å². The van der Waals surface area contributed by atoms with E-state index in [1.54, 1.807) is 0 Å². The molecule has 76 valence electrons. The third kappa shape index (κ3) is 1.85. The Kier molecular flexibility index (Phi) is 2.33. The van der Waals surface area contributed by atoms with Gasteiger partial charge in [-0.05, 0) is 24.7 Å². The van der Waals surface area contributed by atoms with Crippen LogP contribution < -0.4 is 0 Å². The van der Waals surface area contributed by atoms with Crippen molar-refractivity contribution in [3.05, 3.63) is 0 Å². The Bertz CT molecular complexity index is 295. The van der Waals surface area contributed by atoms with Crippen molar-refractivity contribution in [2.75, 3.05) is 12.4 Å². The summed E-state index contributed by atoms with van der Waals surface area (Å²) in [5.74, 6) is -0.0193. The van der Waals surface area contributed by atoms with Crippen LogP contribution in [0.4, 0.5) is 0 Å². The quantitative estimate of drug-likeness (QED) is 0.668. The van der Waals surface area contributed by atoms with Crippen LogP contribution in [0.5, 0.6) is 0 Å². The molecule has 3 nitrogen and oxygen atoms in total. The Balaban J connectivity index is 2.06. The lowest BCUT2D eigenvalue weighted by molar-refractivity contribution is 0.0196. The van der Waals surface area contributed by atoms with E-state index in [-0.39, 0.29) is 17.3 Å². The van der Waals surface area contributed by atoms with Crippen LogP contribution in [0.25, 0.3) is 0 Å². The van der Waals surface area contributed by atoms with Gasteiger partial charge in [0.2, 0.25) is 9.05 Å². The standard InChI is InChI=1S/C8H13ClO3S/c9-13(10,11)6-7-8(2-1-3-8)4-5-12-7/h7H,1-6H2. The maximum absolute atomic E-state index is 10.9. The summed E-state index contributed by atoms with van der Waals surface area (Å²) in [5, 5.41) is 0. The topological polar surface area (TPSA) is 43.4 Å². The lowest BCUT2D eigenvalue weighted by Gasteiger charge is -2.41. The molecule has 1 aliphatic heterocycles. The number of ether oxygens (including phenoxy) is 1. The van der Waals surface area contributed by atoms with Crippen LogP contribution in [0.3, 0.4) is 0 Å². The lowest BCUT2D eigenvalue weighted by Crippen LogP contribution is -2.40. The van der Waals surface area contributed by atoms with Crippen LogP contribution in [0.1, 0.15) is 25.7 Å². The average Bonchev–Trinajstić information content (AvgIpc) is 2.25. The molecular formula is C8H13ClO3S. The molecule has 13 heavy (non-hydrogen) atoms. The van der Waals surface area contributed by atoms with E-state index < -0.39 is 9.05 Å². The first-order valence-corrected chi connectivity index (χ1v) is 7.04. The fraction of sp³-hybridized carbons (Fsp3) is 1.00. The molecule has 2 rings (SSSR count). The van der Waals surface area contributed by atoms with Crippen molar-refractivity contribution in [3.63, 3.8) is 0 Å². The van der Waals surface area contributed by atoms with E-state index in [1.807, 2.05) is 0 Å².